The fourth-order valence-electron chi connectivity index (χ4n) is 3.15. The van der Waals surface area contributed by atoms with Gasteiger partial charge in [0.15, 0.2) is 5.69 Å². The average Bonchev–Trinajstić information content (AvgIpc) is 3.21. The van der Waals surface area contributed by atoms with E-state index in [0.29, 0.717) is 23.7 Å². The van der Waals surface area contributed by atoms with Crippen molar-refractivity contribution in [2.75, 3.05) is 19.7 Å². The number of carbonyl (C=O) groups excluding carboxylic acids is 2. The summed E-state index contributed by atoms with van der Waals surface area (Å²) >= 11 is 6.02. The molecule has 0 bridgehead atoms. The lowest BCUT2D eigenvalue weighted by Gasteiger charge is -2.18. The molecular weight excluding hydrogens is 402 g/mol. The Bertz CT molecular complexity index is 1020. The summed E-state index contributed by atoms with van der Waals surface area (Å²) in [6.45, 7) is 7.23. The third kappa shape index (κ3) is 4.54. The summed E-state index contributed by atoms with van der Waals surface area (Å²) in [4.78, 5) is 26.6. The lowest BCUT2D eigenvalue weighted by molar-refractivity contribution is 0.0518. The molecule has 0 N–H and O–H groups in total. The van der Waals surface area contributed by atoms with Gasteiger partial charge in [-0.25, -0.2) is 9.48 Å². The maximum Gasteiger partial charge on any atom is 0.358 e. The Labute approximate surface area is 181 Å². The average molecular weight is 426 g/mol. The van der Waals surface area contributed by atoms with Gasteiger partial charge in [-0.1, -0.05) is 23.7 Å². The van der Waals surface area contributed by atoms with E-state index in [1.54, 1.807) is 46.8 Å². The summed E-state index contributed by atoms with van der Waals surface area (Å²) in [6, 6.07) is 16.2. The van der Waals surface area contributed by atoms with Crippen LogP contribution in [0.15, 0.2) is 54.6 Å². The molecule has 1 aromatic heterocycles. The van der Waals surface area contributed by atoms with Gasteiger partial charge in [0.1, 0.15) is 0 Å². The van der Waals surface area contributed by atoms with E-state index >= 15 is 0 Å². The quantitative estimate of drug-likeness (QED) is 0.507. The summed E-state index contributed by atoms with van der Waals surface area (Å²) in [7, 11) is 0. The number of rotatable bonds is 7. The van der Waals surface area contributed by atoms with E-state index in [0.717, 1.165) is 16.9 Å². The van der Waals surface area contributed by atoms with Crippen LogP contribution in [0.1, 0.15) is 41.6 Å². The molecule has 30 heavy (non-hydrogen) atoms. The van der Waals surface area contributed by atoms with Gasteiger partial charge in [-0.3, -0.25) is 4.79 Å². The van der Waals surface area contributed by atoms with E-state index in [-0.39, 0.29) is 18.2 Å². The Kier molecular flexibility index (Phi) is 6.90. The number of halogens is 1. The lowest BCUT2D eigenvalue weighted by atomic mass is 10.1. The standard InChI is InChI=1S/C23H24ClN3O3/c1-4-26(5-2)22(28)17-9-13-19(14-10-17)27-21(16-7-11-18(24)12-8-16)15-20(25-27)23(29)30-6-3/h7-15H,4-6H2,1-3H3. The summed E-state index contributed by atoms with van der Waals surface area (Å²) in [5.41, 5.74) is 3.12. The molecule has 6 nitrogen and oxygen atoms in total. The Balaban J connectivity index is 2.02. The predicted molar refractivity (Wildman–Crippen MR) is 117 cm³/mol. The zero-order chi connectivity index (χ0) is 21.7. The SMILES string of the molecule is CCOC(=O)c1cc(-c2ccc(Cl)cc2)n(-c2ccc(C(=O)N(CC)CC)cc2)n1. The minimum absolute atomic E-state index is 0.0165. The maximum atomic E-state index is 12.6. The number of amides is 1. The number of nitrogens with zero attached hydrogens (tertiary/aromatic N) is 3. The smallest absolute Gasteiger partial charge is 0.358 e. The second-order valence-electron chi connectivity index (χ2n) is 6.58. The van der Waals surface area contributed by atoms with Crippen LogP contribution in [0.4, 0.5) is 0 Å². The van der Waals surface area contributed by atoms with Gasteiger partial charge in [0.05, 0.1) is 18.0 Å². The highest BCUT2D eigenvalue weighted by molar-refractivity contribution is 6.30. The molecule has 0 spiro atoms. The summed E-state index contributed by atoms with van der Waals surface area (Å²) < 4.78 is 6.77. The van der Waals surface area contributed by atoms with Crippen molar-refractivity contribution in [2.45, 2.75) is 20.8 Å². The molecule has 7 heteroatoms. The summed E-state index contributed by atoms with van der Waals surface area (Å²) in [6.07, 6.45) is 0. The fourth-order valence-corrected chi connectivity index (χ4v) is 3.27. The van der Waals surface area contributed by atoms with Gasteiger partial charge in [0.25, 0.3) is 5.91 Å². The van der Waals surface area contributed by atoms with E-state index in [2.05, 4.69) is 5.10 Å². The molecule has 3 aromatic rings. The number of ether oxygens (including phenoxy) is 1. The van der Waals surface area contributed by atoms with E-state index in [9.17, 15) is 9.59 Å². The molecular formula is C23H24ClN3O3. The van der Waals surface area contributed by atoms with Crippen molar-refractivity contribution in [3.8, 4) is 16.9 Å². The monoisotopic (exact) mass is 425 g/mol. The molecule has 0 saturated heterocycles. The highest BCUT2D eigenvalue weighted by Crippen LogP contribution is 2.26. The van der Waals surface area contributed by atoms with Crippen molar-refractivity contribution in [3.05, 3.63) is 70.9 Å². The second kappa shape index (κ2) is 9.59. The minimum atomic E-state index is -0.486. The number of benzene rings is 2. The zero-order valence-corrected chi connectivity index (χ0v) is 18.0. The molecule has 1 heterocycles. The van der Waals surface area contributed by atoms with Crippen molar-refractivity contribution >= 4 is 23.5 Å². The van der Waals surface area contributed by atoms with Crippen LogP contribution in [0.3, 0.4) is 0 Å². The summed E-state index contributed by atoms with van der Waals surface area (Å²) in [5, 5.41) is 5.07. The molecule has 0 atom stereocenters. The Morgan fingerprint density at radius 3 is 2.20 bits per heavy atom. The molecule has 0 aliphatic heterocycles. The van der Waals surface area contributed by atoms with Crippen molar-refractivity contribution in [1.29, 1.82) is 0 Å². The van der Waals surface area contributed by atoms with Gasteiger partial charge in [-0.2, -0.15) is 5.10 Å². The van der Waals surface area contributed by atoms with Crippen molar-refractivity contribution in [2.24, 2.45) is 0 Å². The topological polar surface area (TPSA) is 64.4 Å². The Morgan fingerprint density at radius 2 is 1.63 bits per heavy atom. The third-order valence-electron chi connectivity index (χ3n) is 4.74. The summed E-state index contributed by atoms with van der Waals surface area (Å²) in [5.74, 6) is -0.503. The molecule has 0 unspecified atom stereocenters. The van der Waals surface area contributed by atoms with Gasteiger partial charge in [0, 0.05) is 29.2 Å². The zero-order valence-electron chi connectivity index (χ0n) is 17.3. The van der Waals surface area contributed by atoms with Gasteiger partial charge in [0.2, 0.25) is 0 Å². The first-order chi connectivity index (χ1) is 14.5. The number of carbonyl (C=O) groups is 2. The van der Waals surface area contributed by atoms with Gasteiger partial charge in [-0.05, 0) is 63.2 Å². The van der Waals surface area contributed by atoms with Crippen LogP contribution in [-0.2, 0) is 4.74 Å². The van der Waals surface area contributed by atoms with Crippen LogP contribution >= 0.6 is 11.6 Å². The number of aromatic nitrogens is 2. The van der Waals surface area contributed by atoms with Crippen molar-refractivity contribution in [1.82, 2.24) is 14.7 Å². The largest absolute Gasteiger partial charge is 0.461 e. The van der Waals surface area contributed by atoms with Crippen LogP contribution in [-0.4, -0.2) is 46.3 Å². The minimum Gasteiger partial charge on any atom is -0.461 e. The first-order valence-electron chi connectivity index (χ1n) is 9.91. The van der Waals surface area contributed by atoms with Crippen LogP contribution in [0.5, 0.6) is 0 Å². The predicted octanol–water partition coefficient (Wildman–Crippen LogP) is 4.85. The molecule has 0 saturated carbocycles. The van der Waals surface area contributed by atoms with Crippen molar-refractivity contribution < 1.29 is 14.3 Å². The molecule has 0 fully saturated rings. The fraction of sp³-hybridized carbons (Fsp3) is 0.261. The first kappa shape index (κ1) is 21.6. The number of hydrogen-bond acceptors (Lipinski definition) is 4. The van der Waals surface area contributed by atoms with Crippen LogP contribution in [0.2, 0.25) is 5.02 Å². The van der Waals surface area contributed by atoms with Gasteiger partial charge in [-0.15, -0.1) is 0 Å². The maximum absolute atomic E-state index is 12.6. The molecule has 0 radical (unpaired) electrons. The molecule has 156 valence electrons. The third-order valence-corrected chi connectivity index (χ3v) is 5.00. The molecule has 0 aliphatic carbocycles. The van der Waals surface area contributed by atoms with Crippen LogP contribution in [0.25, 0.3) is 16.9 Å². The Hall–Kier alpha value is -3.12. The molecule has 2 aromatic carbocycles. The van der Waals surface area contributed by atoms with Gasteiger partial charge < -0.3 is 9.64 Å². The molecule has 0 aliphatic rings. The van der Waals surface area contributed by atoms with E-state index < -0.39 is 5.97 Å². The number of hydrogen-bond donors (Lipinski definition) is 0. The van der Waals surface area contributed by atoms with Gasteiger partial charge >= 0.3 is 5.97 Å². The second-order valence-corrected chi connectivity index (χ2v) is 7.01. The van der Waals surface area contributed by atoms with E-state index in [1.165, 1.54) is 0 Å². The van der Waals surface area contributed by atoms with Crippen LogP contribution < -0.4 is 0 Å². The highest BCUT2D eigenvalue weighted by atomic mass is 35.5. The first-order valence-corrected chi connectivity index (χ1v) is 10.3. The molecule has 3 rings (SSSR count). The molecule has 1 amide bonds. The van der Waals surface area contributed by atoms with Crippen LogP contribution in [0, 0.1) is 0 Å². The highest BCUT2D eigenvalue weighted by Gasteiger charge is 2.18. The normalized spacial score (nSPS) is 10.7. The Morgan fingerprint density at radius 1 is 1.00 bits per heavy atom. The van der Waals surface area contributed by atoms with E-state index in [1.807, 2.05) is 38.1 Å². The lowest BCUT2D eigenvalue weighted by Crippen LogP contribution is -2.30. The van der Waals surface area contributed by atoms with Crippen molar-refractivity contribution in [3.63, 3.8) is 0 Å². The number of esters is 1. The van der Waals surface area contributed by atoms with E-state index in [4.69, 9.17) is 16.3 Å².